The van der Waals surface area contributed by atoms with Crippen molar-refractivity contribution in [1.29, 1.82) is 0 Å². The Morgan fingerprint density at radius 3 is 2.95 bits per heavy atom. The monoisotopic (exact) mass is 282 g/mol. The second kappa shape index (κ2) is 7.20. The van der Waals surface area contributed by atoms with E-state index >= 15 is 0 Å². The number of anilines is 2. The van der Waals surface area contributed by atoms with Gasteiger partial charge in [0.05, 0.1) is 13.2 Å². The summed E-state index contributed by atoms with van der Waals surface area (Å²) in [4.78, 5) is 14.5. The summed E-state index contributed by atoms with van der Waals surface area (Å²) in [5.41, 5.74) is 2.43. The summed E-state index contributed by atoms with van der Waals surface area (Å²) in [6, 6.07) is 0.275. The molecule has 0 amide bonds. The number of nitrogens with two attached hydrogens (primary N) is 1. The van der Waals surface area contributed by atoms with Crippen molar-refractivity contribution in [3.8, 4) is 6.01 Å². The van der Waals surface area contributed by atoms with Crippen LogP contribution < -0.4 is 20.9 Å². The SMILES string of the molecule is CCOc1nc(NN)nc(N(C)CC2CCCOC2)n1. The highest BCUT2D eigenvalue weighted by molar-refractivity contribution is 5.37. The van der Waals surface area contributed by atoms with Crippen LogP contribution in [0.15, 0.2) is 0 Å². The zero-order valence-electron chi connectivity index (χ0n) is 12.0. The van der Waals surface area contributed by atoms with Crippen molar-refractivity contribution in [3.05, 3.63) is 0 Å². The van der Waals surface area contributed by atoms with Crippen LogP contribution in [-0.4, -0.2) is 48.4 Å². The van der Waals surface area contributed by atoms with Gasteiger partial charge in [0.1, 0.15) is 0 Å². The van der Waals surface area contributed by atoms with E-state index in [1.807, 2.05) is 18.9 Å². The van der Waals surface area contributed by atoms with Gasteiger partial charge in [0.2, 0.25) is 11.9 Å². The predicted molar refractivity (Wildman–Crippen MR) is 75.6 cm³/mol. The molecule has 1 aliphatic heterocycles. The highest BCUT2D eigenvalue weighted by atomic mass is 16.5. The van der Waals surface area contributed by atoms with Crippen molar-refractivity contribution in [3.63, 3.8) is 0 Å². The molecule has 8 nitrogen and oxygen atoms in total. The highest BCUT2D eigenvalue weighted by Gasteiger charge is 2.18. The standard InChI is InChI=1S/C12H22N6O2/c1-3-20-12-15-10(17-13)14-11(16-12)18(2)7-9-5-4-6-19-8-9/h9H,3-8,13H2,1-2H3,(H,14,15,16,17). The average Bonchev–Trinajstić information content (AvgIpc) is 2.48. The molecule has 1 aliphatic rings. The van der Waals surface area contributed by atoms with Gasteiger partial charge in [0.25, 0.3) is 0 Å². The fraction of sp³-hybridized carbons (Fsp3) is 0.750. The van der Waals surface area contributed by atoms with Crippen LogP contribution in [0.4, 0.5) is 11.9 Å². The van der Waals surface area contributed by atoms with E-state index in [-0.39, 0.29) is 6.01 Å². The normalized spacial score (nSPS) is 18.6. The number of aromatic nitrogens is 3. The topological polar surface area (TPSA) is 98.4 Å². The second-order valence-corrected chi connectivity index (χ2v) is 4.78. The third-order valence-electron chi connectivity index (χ3n) is 3.13. The number of hydrazine groups is 1. The molecule has 0 spiro atoms. The lowest BCUT2D eigenvalue weighted by atomic mass is 10.0. The van der Waals surface area contributed by atoms with Gasteiger partial charge in [-0.3, -0.25) is 5.43 Å². The fourth-order valence-corrected chi connectivity index (χ4v) is 2.20. The summed E-state index contributed by atoms with van der Waals surface area (Å²) >= 11 is 0. The number of nitrogens with one attached hydrogen (secondary N) is 1. The van der Waals surface area contributed by atoms with Crippen LogP contribution in [0.25, 0.3) is 0 Å². The molecule has 112 valence electrons. The van der Waals surface area contributed by atoms with Crippen molar-refractivity contribution in [2.45, 2.75) is 19.8 Å². The molecule has 1 fully saturated rings. The largest absolute Gasteiger partial charge is 0.464 e. The highest BCUT2D eigenvalue weighted by Crippen LogP contribution is 2.18. The van der Waals surface area contributed by atoms with Crippen LogP contribution in [0.3, 0.4) is 0 Å². The average molecular weight is 282 g/mol. The zero-order chi connectivity index (χ0) is 14.4. The minimum Gasteiger partial charge on any atom is -0.464 e. The number of hydrogen-bond acceptors (Lipinski definition) is 8. The Hall–Kier alpha value is -1.67. The van der Waals surface area contributed by atoms with Crippen LogP contribution in [0.1, 0.15) is 19.8 Å². The Kier molecular flexibility index (Phi) is 5.31. The van der Waals surface area contributed by atoms with Crippen molar-refractivity contribution in [2.75, 3.05) is 43.7 Å². The van der Waals surface area contributed by atoms with Crippen LogP contribution in [0.5, 0.6) is 6.01 Å². The van der Waals surface area contributed by atoms with E-state index in [0.29, 0.717) is 24.4 Å². The molecule has 0 aliphatic carbocycles. The summed E-state index contributed by atoms with van der Waals surface area (Å²) in [5.74, 6) is 6.71. The number of hydrogen-bond donors (Lipinski definition) is 2. The first-order chi connectivity index (χ1) is 9.72. The lowest BCUT2D eigenvalue weighted by molar-refractivity contribution is 0.0575. The molecule has 0 bridgehead atoms. The van der Waals surface area contributed by atoms with E-state index in [2.05, 4.69) is 20.4 Å². The second-order valence-electron chi connectivity index (χ2n) is 4.78. The van der Waals surface area contributed by atoms with Crippen LogP contribution in [-0.2, 0) is 4.74 Å². The fourth-order valence-electron chi connectivity index (χ4n) is 2.20. The number of nitrogens with zero attached hydrogens (tertiary/aromatic N) is 4. The van der Waals surface area contributed by atoms with Gasteiger partial charge in [-0.25, -0.2) is 5.84 Å². The third kappa shape index (κ3) is 3.91. The summed E-state index contributed by atoms with van der Waals surface area (Å²) in [6.07, 6.45) is 2.27. The molecule has 3 N–H and O–H groups in total. The van der Waals surface area contributed by atoms with Crippen LogP contribution in [0, 0.1) is 5.92 Å². The molecule has 20 heavy (non-hydrogen) atoms. The molecule has 8 heteroatoms. The zero-order valence-corrected chi connectivity index (χ0v) is 12.0. The Bertz CT molecular complexity index is 424. The molecular weight excluding hydrogens is 260 g/mol. The molecule has 2 heterocycles. The van der Waals surface area contributed by atoms with Gasteiger partial charge in [-0.15, -0.1) is 0 Å². The van der Waals surface area contributed by atoms with Crippen molar-refractivity contribution >= 4 is 11.9 Å². The summed E-state index contributed by atoms with van der Waals surface area (Å²) in [6.45, 7) is 4.85. The summed E-state index contributed by atoms with van der Waals surface area (Å²) in [5, 5.41) is 0. The van der Waals surface area contributed by atoms with E-state index in [1.165, 1.54) is 0 Å². The molecule has 1 aromatic heterocycles. The molecule has 0 radical (unpaired) electrons. The Morgan fingerprint density at radius 2 is 2.30 bits per heavy atom. The van der Waals surface area contributed by atoms with Gasteiger partial charge in [-0.05, 0) is 25.7 Å². The maximum Gasteiger partial charge on any atom is 0.323 e. The van der Waals surface area contributed by atoms with Gasteiger partial charge < -0.3 is 14.4 Å². The van der Waals surface area contributed by atoms with Crippen LogP contribution >= 0.6 is 0 Å². The van der Waals surface area contributed by atoms with E-state index in [0.717, 1.165) is 32.6 Å². The smallest absolute Gasteiger partial charge is 0.323 e. The van der Waals surface area contributed by atoms with Gasteiger partial charge >= 0.3 is 6.01 Å². The lowest BCUT2D eigenvalue weighted by Crippen LogP contribution is -2.32. The van der Waals surface area contributed by atoms with Gasteiger partial charge in [0, 0.05) is 20.2 Å². The van der Waals surface area contributed by atoms with Crippen molar-refractivity contribution in [2.24, 2.45) is 11.8 Å². The van der Waals surface area contributed by atoms with Gasteiger partial charge in [-0.1, -0.05) is 0 Å². The number of ether oxygens (including phenoxy) is 2. The molecule has 1 saturated heterocycles. The van der Waals surface area contributed by atoms with Gasteiger partial charge in [-0.2, -0.15) is 15.0 Å². The van der Waals surface area contributed by atoms with Crippen molar-refractivity contribution < 1.29 is 9.47 Å². The Balaban J connectivity index is 2.06. The maximum absolute atomic E-state index is 5.49. The van der Waals surface area contributed by atoms with E-state index in [9.17, 15) is 0 Å². The molecule has 1 unspecified atom stereocenters. The first-order valence-corrected chi connectivity index (χ1v) is 6.87. The third-order valence-corrected chi connectivity index (χ3v) is 3.13. The minimum atomic E-state index is 0.275. The maximum atomic E-state index is 5.49. The Labute approximate surface area is 118 Å². The predicted octanol–water partition coefficient (Wildman–Crippen LogP) is 0.419. The molecule has 0 aromatic carbocycles. The van der Waals surface area contributed by atoms with E-state index < -0.39 is 0 Å². The molecule has 1 atom stereocenters. The molecular formula is C12H22N6O2. The first kappa shape index (κ1) is 14.7. The molecule has 1 aromatic rings. The Morgan fingerprint density at radius 1 is 1.45 bits per heavy atom. The quantitative estimate of drug-likeness (QED) is 0.572. The van der Waals surface area contributed by atoms with Crippen molar-refractivity contribution in [1.82, 2.24) is 15.0 Å². The molecule has 0 saturated carbocycles. The first-order valence-electron chi connectivity index (χ1n) is 6.87. The number of nitrogen functional groups attached to an aromatic ring is 1. The summed E-state index contributed by atoms with van der Waals surface area (Å²) < 4.78 is 10.8. The van der Waals surface area contributed by atoms with Gasteiger partial charge in [0.15, 0.2) is 0 Å². The lowest BCUT2D eigenvalue weighted by Gasteiger charge is -2.27. The van der Waals surface area contributed by atoms with E-state index in [1.54, 1.807) is 0 Å². The molecule has 2 rings (SSSR count). The number of rotatable bonds is 6. The van der Waals surface area contributed by atoms with Crippen LogP contribution in [0.2, 0.25) is 0 Å². The summed E-state index contributed by atoms with van der Waals surface area (Å²) in [7, 11) is 1.94. The minimum absolute atomic E-state index is 0.275. The van der Waals surface area contributed by atoms with E-state index in [4.69, 9.17) is 15.3 Å².